The van der Waals surface area contributed by atoms with E-state index in [9.17, 15) is 9.59 Å². The fraction of sp³-hybridized carbons (Fsp3) is 0.548. The number of ether oxygens (including phenoxy) is 2. The summed E-state index contributed by atoms with van der Waals surface area (Å²) < 4.78 is 13.6. The predicted octanol–water partition coefficient (Wildman–Crippen LogP) is 4.92. The number of fused-ring (bicyclic) bond motifs is 1. The molecule has 11 heteroatoms. The number of aromatic nitrogens is 3. The van der Waals surface area contributed by atoms with Gasteiger partial charge in [0.15, 0.2) is 0 Å². The van der Waals surface area contributed by atoms with Crippen molar-refractivity contribution >= 4 is 34.7 Å². The van der Waals surface area contributed by atoms with Crippen molar-refractivity contribution in [1.29, 1.82) is 0 Å². The molecule has 1 N–H and O–H groups in total. The first-order valence-corrected chi connectivity index (χ1v) is 14.9. The Hall–Kier alpha value is -3.86. The highest BCUT2D eigenvalue weighted by Crippen LogP contribution is 2.35. The summed E-state index contributed by atoms with van der Waals surface area (Å²) in [4.78, 5) is 40.2. The van der Waals surface area contributed by atoms with Gasteiger partial charge in [0.25, 0.3) is 5.91 Å². The zero-order valence-corrected chi connectivity index (χ0v) is 25.4. The van der Waals surface area contributed by atoms with Crippen molar-refractivity contribution < 1.29 is 19.1 Å². The number of hydrogen-bond donors (Lipinski definition) is 1. The summed E-state index contributed by atoms with van der Waals surface area (Å²) in [5.74, 6) is 1.25. The lowest BCUT2D eigenvalue weighted by Crippen LogP contribution is -2.50. The Kier molecular flexibility index (Phi) is 8.86. The van der Waals surface area contributed by atoms with Crippen molar-refractivity contribution in [2.75, 3.05) is 58.7 Å². The largest absolute Gasteiger partial charge is 0.492 e. The zero-order chi connectivity index (χ0) is 29.9. The Labute approximate surface area is 247 Å². The maximum Gasteiger partial charge on any atom is 0.410 e. The number of carbonyl (C=O) groups excluding carboxylic acids is 2. The number of nitrogens with one attached hydrogen (secondary N) is 1. The van der Waals surface area contributed by atoms with E-state index in [0.29, 0.717) is 31.3 Å². The molecule has 2 aliphatic rings. The topological polar surface area (TPSA) is 105 Å². The molecule has 3 aromatic rings. The van der Waals surface area contributed by atoms with Crippen LogP contribution in [0.3, 0.4) is 0 Å². The number of hydrogen-bond acceptors (Lipinski definition) is 8. The van der Waals surface area contributed by atoms with Gasteiger partial charge in [-0.3, -0.25) is 9.69 Å². The third-order valence-corrected chi connectivity index (χ3v) is 7.70. The maximum atomic E-state index is 13.0. The van der Waals surface area contributed by atoms with Gasteiger partial charge in [-0.05, 0) is 63.9 Å². The highest BCUT2D eigenvalue weighted by atomic mass is 16.6. The highest BCUT2D eigenvalue weighted by molar-refractivity contribution is 5.98. The van der Waals surface area contributed by atoms with E-state index in [-0.39, 0.29) is 18.0 Å². The average molecular weight is 578 g/mol. The molecule has 11 nitrogen and oxygen atoms in total. The highest BCUT2D eigenvalue weighted by Gasteiger charge is 2.27. The van der Waals surface area contributed by atoms with Gasteiger partial charge in [-0.1, -0.05) is 12.8 Å². The molecule has 1 aromatic carbocycles. The fourth-order valence-corrected chi connectivity index (χ4v) is 5.53. The normalized spacial score (nSPS) is 16.5. The van der Waals surface area contributed by atoms with Crippen LogP contribution in [0.5, 0.6) is 5.75 Å². The first-order valence-electron chi connectivity index (χ1n) is 14.9. The van der Waals surface area contributed by atoms with Crippen LogP contribution in [-0.2, 0) is 4.74 Å². The van der Waals surface area contributed by atoms with Gasteiger partial charge < -0.3 is 29.2 Å². The molecule has 0 radical (unpaired) electrons. The van der Waals surface area contributed by atoms with Crippen molar-refractivity contribution in [3.8, 4) is 5.75 Å². The number of nitrogens with zero attached hydrogens (tertiary/aromatic N) is 6. The fourth-order valence-electron chi connectivity index (χ4n) is 5.53. The van der Waals surface area contributed by atoms with E-state index < -0.39 is 5.60 Å². The second kappa shape index (κ2) is 12.6. The number of benzene rings is 1. The summed E-state index contributed by atoms with van der Waals surface area (Å²) in [5, 5.41) is 4.17. The zero-order valence-electron chi connectivity index (χ0n) is 25.4. The van der Waals surface area contributed by atoms with Gasteiger partial charge in [-0.2, -0.15) is 4.98 Å². The van der Waals surface area contributed by atoms with Gasteiger partial charge in [-0.15, -0.1) is 0 Å². The van der Waals surface area contributed by atoms with E-state index in [0.717, 1.165) is 67.8 Å². The molecule has 0 atom stereocenters. The lowest BCUT2D eigenvalue weighted by molar-refractivity contribution is 0.0137. The monoisotopic (exact) mass is 577 g/mol. The molecular formula is C31H43N7O4. The van der Waals surface area contributed by atoms with Crippen LogP contribution >= 0.6 is 0 Å². The van der Waals surface area contributed by atoms with Crippen LogP contribution in [0.2, 0.25) is 0 Å². The third kappa shape index (κ3) is 7.13. The van der Waals surface area contributed by atoms with E-state index in [1.165, 1.54) is 0 Å². The third-order valence-electron chi connectivity index (χ3n) is 7.70. The molecule has 42 heavy (non-hydrogen) atoms. The molecule has 0 bridgehead atoms. The van der Waals surface area contributed by atoms with Crippen LogP contribution in [0.4, 0.5) is 16.4 Å². The first-order chi connectivity index (χ1) is 20.1. The molecular weight excluding hydrogens is 534 g/mol. The van der Waals surface area contributed by atoms with Crippen LogP contribution in [0.15, 0.2) is 36.5 Å². The van der Waals surface area contributed by atoms with Gasteiger partial charge in [0, 0.05) is 70.1 Å². The van der Waals surface area contributed by atoms with E-state index in [1.807, 2.05) is 51.1 Å². The van der Waals surface area contributed by atoms with Crippen molar-refractivity contribution in [2.24, 2.45) is 0 Å². The van der Waals surface area contributed by atoms with Gasteiger partial charge in [0.05, 0.1) is 0 Å². The Balaban J connectivity index is 1.15. The summed E-state index contributed by atoms with van der Waals surface area (Å²) in [5.41, 5.74) is 1.83. The van der Waals surface area contributed by atoms with E-state index >= 15 is 0 Å². The van der Waals surface area contributed by atoms with Crippen molar-refractivity contribution in [1.82, 2.24) is 29.2 Å². The Morgan fingerprint density at radius 1 is 1.05 bits per heavy atom. The smallest absolute Gasteiger partial charge is 0.410 e. The molecule has 1 aliphatic carbocycles. The van der Waals surface area contributed by atoms with Crippen LogP contribution < -0.4 is 10.1 Å². The molecule has 0 spiro atoms. The van der Waals surface area contributed by atoms with Crippen molar-refractivity contribution in [3.05, 3.63) is 42.2 Å². The van der Waals surface area contributed by atoms with Gasteiger partial charge in [-0.25, -0.2) is 9.78 Å². The molecule has 226 valence electrons. The lowest BCUT2D eigenvalue weighted by Gasteiger charge is -2.35. The van der Waals surface area contributed by atoms with Gasteiger partial charge in [0.1, 0.15) is 29.3 Å². The molecule has 2 amide bonds. The molecule has 2 aromatic heterocycles. The van der Waals surface area contributed by atoms with Crippen molar-refractivity contribution in [2.45, 2.75) is 58.1 Å². The number of piperazine rings is 1. The summed E-state index contributed by atoms with van der Waals surface area (Å²) in [6.45, 7) is 9.90. The van der Waals surface area contributed by atoms with Crippen LogP contribution in [0.25, 0.3) is 11.0 Å². The molecule has 2 fully saturated rings. The summed E-state index contributed by atoms with van der Waals surface area (Å²) >= 11 is 0. The van der Waals surface area contributed by atoms with Crippen LogP contribution in [0.1, 0.15) is 63.0 Å². The van der Waals surface area contributed by atoms with Crippen LogP contribution in [0, 0.1) is 0 Å². The van der Waals surface area contributed by atoms with Crippen molar-refractivity contribution in [3.63, 3.8) is 0 Å². The molecule has 5 rings (SSSR count). The number of amides is 2. The van der Waals surface area contributed by atoms with E-state index in [4.69, 9.17) is 14.5 Å². The maximum absolute atomic E-state index is 13.0. The SMILES string of the molecule is CN(C)C(=O)c1cc2cnc(Nc3ccc(OCCN4CCN(C(=O)OC(C)(C)C)CC4)cc3)nc2n1C1CCCC1. The van der Waals surface area contributed by atoms with Gasteiger partial charge in [0.2, 0.25) is 5.95 Å². The van der Waals surface area contributed by atoms with E-state index in [1.54, 1.807) is 30.1 Å². The standard InChI is InChI=1S/C31H43N7O4/c1-31(2,3)42-30(40)37-16-14-36(15-17-37)18-19-41-25-12-10-23(11-13-25)33-29-32-21-22-20-26(28(39)35(4)5)38(27(22)34-29)24-8-6-7-9-24/h10-13,20-21,24H,6-9,14-19H2,1-5H3,(H,32,33,34). The molecule has 1 saturated heterocycles. The summed E-state index contributed by atoms with van der Waals surface area (Å²) in [7, 11) is 3.56. The lowest BCUT2D eigenvalue weighted by atomic mass is 10.2. The molecule has 3 heterocycles. The molecule has 1 saturated carbocycles. The molecule has 1 aliphatic heterocycles. The Morgan fingerprint density at radius 2 is 1.74 bits per heavy atom. The minimum atomic E-state index is -0.480. The second-order valence-corrected chi connectivity index (χ2v) is 12.3. The second-order valence-electron chi connectivity index (χ2n) is 12.3. The summed E-state index contributed by atoms with van der Waals surface area (Å²) in [6.07, 6.45) is 5.96. The minimum Gasteiger partial charge on any atom is -0.492 e. The Morgan fingerprint density at radius 3 is 2.38 bits per heavy atom. The van der Waals surface area contributed by atoms with E-state index in [2.05, 4.69) is 19.8 Å². The van der Waals surface area contributed by atoms with Crippen LogP contribution in [-0.4, -0.2) is 100 Å². The predicted molar refractivity (Wildman–Crippen MR) is 163 cm³/mol. The van der Waals surface area contributed by atoms with Gasteiger partial charge >= 0.3 is 6.09 Å². The summed E-state index contributed by atoms with van der Waals surface area (Å²) in [6, 6.07) is 9.92. The average Bonchev–Trinajstić information content (AvgIpc) is 3.61. The number of carbonyl (C=O) groups is 2. The minimum absolute atomic E-state index is 0.0203. The molecule has 0 unspecified atom stereocenters. The quantitative estimate of drug-likeness (QED) is 0.402. The Bertz CT molecular complexity index is 1380. The number of anilines is 2. The number of rotatable bonds is 8. The first kappa shape index (κ1) is 29.6.